The van der Waals surface area contributed by atoms with Crippen molar-refractivity contribution >= 4 is 5.82 Å². The van der Waals surface area contributed by atoms with E-state index >= 15 is 0 Å². The zero-order valence-electron chi connectivity index (χ0n) is 15.1. The highest BCUT2D eigenvalue weighted by Gasteiger charge is 2.18. The maximum atomic E-state index is 9.55. The van der Waals surface area contributed by atoms with E-state index in [1.54, 1.807) is 31.2 Å². The van der Waals surface area contributed by atoms with Crippen molar-refractivity contribution in [3.8, 4) is 40.0 Å². The van der Waals surface area contributed by atoms with Crippen molar-refractivity contribution in [1.29, 1.82) is 5.26 Å². The van der Waals surface area contributed by atoms with Crippen LogP contribution in [0, 0.1) is 18.3 Å². The molecular weight excluding hydrogens is 330 g/mol. The summed E-state index contributed by atoms with van der Waals surface area (Å²) in [4.78, 5) is 4.41. The second kappa shape index (κ2) is 6.76. The van der Waals surface area contributed by atoms with Crippen LogP contribution in [-0.2, 0) is 7.05 Å². The molecule has 3 aromatic rings. The molecule has 3 rings (SSSR count). The Morgan fingerprint density at radius 3 is 2.46 bits per heavy atom. The van der Waals surface area contributed by atoms with Crippen molar-refractivity contribution in [2.24, 2.45) is 7.05 Å². The SMILES string of the molecule is COc1ccc(-c2cc(-c3cnn(C)c3C)c(C#N)c(N)n2)c(OC)c1. The molecule has 0 radical (unpaired) electrons. The molecule has 7 nitrogen and oxygen atoms in total. The average molecular weight is 349 g/mol. The predicted molar refractivity (Wildman–Crippen MR) is 98.8 cm³/mol. The molecule has 0 saturated carbocycles. The number of hydrogen-bond acceptors (Lipinski definition) is 6. The minimum atomic E-state index is 0.168. The van der Waals surface area contributed by atoms with Gasteiger partial charge in [-0.15, -0.1) is 0 Å². The van der Waals surface area contributed by atoms with E-state index in [0.717, 1.165) is 16.8 Å². The lowest BCUT2D eigenvalue weighted by Gasteiger charge is -2.13. The van der Waals surface area contributed by atoms with E-state index in [1.165, 1.54) is 0 Å². The Balaban J connectivity index is 2.26. The van der Waals surface area contributed by atoms with Crippen LogP contribution in [0.25, 0.3) is 22.4 Å². The number of anilines is 1. The summed E-state index contributed by atoms with van der Waals surface area (Å²) >= 11 is 0. The molecule has 0 aliphatic carbocycles. The van der Waals surface area contributed by atoms with Gasteiger partial charge in [0.1, 0.15) is 28.9 Å². The van der Waals surface area contributed by atoms with Gasteiger partial charge in [0.25, 0.3) is 0 Å². The third-order valence-corrected chi connectivity index (χ3v) is 4.37. The van der Waals surface area contributed by atoms with Crippen LogP contribution < -0.4 is 15.2 Å². The van der Waals surface area contributed by atoms with Crippen molar-refractivity contribution in [2.75, 3.05) is 20.0 Å². The van der Waals surface area contributed by atoms with Crippen LogP contribution in [-0.4, -0.2) is 29.0 Å². The summed E-state index contributed by atoms with van der Waals surface area (Å²) in [6.07, 6.45) is 1.72. The summed E-state index contributed by atoms with van der Waals surface area (Å²) in [5.41, 5.74) is 10.2. The molecule has 0 aliphatic rings. The van der Waals surface area contributed by atoms with E-state index in [-0.39, 0.29) is 5.82 Å². The minimum Gasteiger partial charge on any atom is -0.497 e. The van der Waals surface area contributed by atoms with Gasteiger partial charge in [-0.1, -0.05) is 0 Å². The Labute approximate surface area is 151 Å². The second-order valence-electron chi connectivity index (χ2n) is 5.76. The molecular formula is C19H19N5O2. The Morgan fingerprint density at radius 1 is 1.12 bits per heavy atom. The van der Waals surface area contributed by atoms with E-state index in [9.17, 15) is 5.26 Å². The van der Waals surface area contributed by atoms with Crippen LogP contribution in [0.3, 0.4) is 0 Å². The van der Waals surface area contributed by atoms with Crippen LogP contribution in [0.2, 0.25) is 0 Å². The van der Waals surface area contributed by atoms with Crippen molar-refractivity contribution in [3.63, 3.8) is 0 Å². The minimum absolute atomic E-state index is 0.168. The second-order valence-corrected chi connectivity index (χ2v) is 5.76. The number of aryl methyl sites for hydroxylation is 1. The van der Waals surface area contributed by atoms with Crippen molar-refractivity contribution in [2.45, 2.75) is 6.92 Å². The van der Waals surface area contributed by atoms with Gasteiger partial charge in [-0.25, -0.2) is 4.98 Å². The lowest BCUT2D eigenvalue weighted by Crippen LogP contribution is -2.01. The molecule has 1 aromatic carbocycles. The van der Waals surface area contributed by atoms with Crippen LogP contribution in [0.15, 0.2) is 30.5 Å². The summed E-state index contributed by atoms with van der Waals surface area (Å²) in [5.74, 6) is 1.45. The first kappa shape index (κ1) is 17.3. The number of rotatable bonds is 4. The Kier molecular flexibility index (Phi) is 4.50. The zero-order valence-corrected chi connectivity index (χ0v) is 15.1. The van der Waals surface area contributed by atoms with Crippen LogP contribution >= 0.6 is 0 Å². The van der Waals surface area contributed by atoms with Gasteiger partial charge in [0.05, 0.1) is 26.1 Å². The highest BCUT2D eigenvalue weighted by Crippen LogP contribution is 2.37. The molecule has 132 valence electrons. The fraction of sp³-hybridized carbons (Fsp3) is 0.211. The molecule has 0 aliphatic heterocycles. The van der Waals surface area contributed by atoms with Crippen LogP contribution in [0.1, 0.15) is 11.3 Å². The molecule has 0 amide bonds. The fourth-order valence-electron chi connectivity index (χ4n) is 2.81. The van der Waals surface area contributed by atoms with Gasteiger partial charge in [0.2, 0.25) is 0 Å². The highest BCUT2D eigenvalue weighted by atomic mass is 16.5. The smallest absolute Gasteiger partial charge is 0.142 e. The molecule has 7 heteroatoms. The summed E-state index contributed by atoms with van der Waals surface area (Å²) in [7, 11) is 5.02. The van der Waals surface area contributed by atoms with Gasteiger partial charge in [-0.2, -0.15) is 10.4 Å². The first-order valence-corrected chi connectivity index (χ1v) is 7.92. The first-order chi connectivity index (χ1) is 12.5. The lowest BCUT2D eigenvalue weighted by atomic mass is 9.98. The maximum Gasteiger partial charge on any atom is 0.142 e. The summed E-state index contributed by atoms with van der Waals surface area (Å²) in [6.45, 7) is 1.94. The largest absolute Gasteiger partial charge is 0.497 e. The van der Waals surface area contributed by atoms with Gasteiger partial charge < -0.3 is 15.2 Å². The summed E-state index contributed by atoms with van der Waals surface area (Å²) < 4.78 is 12.5. The average Bonchev–Trinajstić information content (AvgIpc) is 2.99. The van der Waals surface area contributed by atoms with Crippen molar-refractivity contribution in [3.05, 3.63) is 41.7 Å². The topological polar surface area (TPSA) is 99.0 Å². The molecule has 0 spiro atoms. The molecule has 2 aromatic heterocycles. The summed E-state index contributed by atoms with van der Waals surface area (Å²) in [6, 6.07) is 9.44. The molecule has 2 heterocycles. The van der Waals surface area contributed by atoms with Crippen molar-refractivity contribution in [1.82, 2.24) is 14.8 Å². The molecule has 0 saturated heterocycles. The molecule has 0 unspecified atom stereocenters. The highest BCUT2D eigenvalue weighted by molar-refractivity contribution is 5.82. The van der Waals surface area contributed by atoms with Gasteiger partial charge in [-0.05, 0) is 25.1 Å². The molecule has 0 bridgehead atoms. The number of methoxy groups -OCH3 is 2. The number of hydrogen-bond donors (Lipinski definition) is 1. The molecule has 0 atom stereocenters. The van der Waals surface area contributed by atoms with Crippen molar-refractivity contribution < 1.29 is 9.47 Å². The third-order valence-electron chi connectivity index (χ3n) is 4.37. The van der Waals surface area contributed by atoms with Gasteiger partial charge in [0, 0.05) is 35.5 Å². The quantitative estimate of drug-likeness (QED) is 0.777. The maximum absolute atomic E-state index is 9.55. The molecule has 26 heavy (non-hydrogen) atoms. The Bertz CT molecular complexity index is 1020. The van der Waals surface area contributed by atoms with Gasteiger partial charge >= 0.3 is 0 Å². The van der Waals surface area contributed by atoms with E-state index in [0.29, 0.717) is 28.3 Å². The number of nitriles is 1. The fourth-order valence-corrected chi connectivity index (χ4v) is 2.81. The van der Waals surface area contributed by atoms with Gasteiger partial charge in [-0.3, -0.25) is 4.68 Å². The number of nitrogen functional groups attached to an aromatic ring is 1. The Morgan fingerprint density at radius 2 is 1.88 bits per heavy atom. The third kappa shape index (κ3) is 2.82. The number of nitrogens with zero attached hydrogens (tertiary/aromatic N) is 4. The van der Waals surface area contributed by atoms with E-state index < -0.39 is 0 Å². The van der Waals surface area contributed by atoms with Crippen LogP contribution in [0.5, 0.6) is 11.5 Å². The monoisotopic (exact) mass is 349 g/mol. The van der Waals surface area contributed by atoms with E-state index in [2.05, 4.69) is 16.2 Å². The summed E-state index contributed by atoms with van der Waals surface area (Å²) in [5, 5.41) is 13.8. The van der Waals surface area contributed by atoms with Gasteiger partial charge in [0.15, 0.2) is 0 Å². The van der Waals surface area contributed by atoms with Crippen LogP contribution in [0.4, 0.5) is 5.82 Å². The standard InChI is InChI=1S/C19H19N5O2/c1-11-16(10-22-24(11)2)14-8-17(23-19(21)15(14)9-20)13-6-5-12(25-3)7-18(13)26-4/h5-8,10H,1-4H3,(H2,21,23). The van der Waals surface area contributed by atoms with E-state index in [4.69, 9.17) is 15.2 Å². The predicted octanol–water partition coefficient (Wildman–Crippen LogP) is 2.93. The lowest BCUT2D eigenvalue weighted by molar-refractivity contribution is 0.395. The number of aromatic nitrogens is 3. The first-order valence-electron chi connectivity index (χ1n) is 7.92. The zero-order chi connectivity index (χ0) is 18.8. The Hall–Kier alpha value is -3.53. The number of nitrogens with two attached hydrogens (primary N) is 1. The normalized spacial score (nSPS) is 10.4. The molecule has 0 fully saturated rings. The van der Waals surface area contributed by atoms with E-state index in [1.807, 2.05) is 32.2 Å². The number of pyridine rings is 1. The number of benzene rings is 1. The molecule has 2 N–H and O–H groups in total. The number of ether oxygens (including phenoxy) is 2.